The van der Waals surface area contributed by atoms with E-state index in [-0.39, 0.29) is 0 Å². The average molecular weight is 374 g/mol. The van der Waals surface area contributed by atoms with E-state index in [0.717, 1.165) is 53.3 Å². The molecule has 3 heterocycles. The first kappa shape index (κ1) is 14.6. The van der Waals surface area contributed by atoms with Crippen molar-refractivity contribution in [3.63, 3.8) is 0 Å². The molecule has 118 valence electrons. The molecule has 0 radical (unpaired) electrons. The van der Waals surface area contributed by atoms with Gasteiger partial charge in [0.15, 0.2) is 5.82 Å². The molecular formula is C16H16BrN5O. The number of hydrogen-bond donors (Lipinski definition) is 0. The summed E-state index contributed by atoms with van der Waals surface area (Å²) in [6.45, 7) is 5.23. The van der Waals surface area contributed by atoms with E-state index in [0.29, 0.717) is 0 Å². The molecule has 2 aromatic heterocycles. The van der Waals surface area contributed by atoms with E-state index in [2.05, 4.69) is 55.0 Å². The van der Waals surface area contributed by atoms with E-state index in [1.54, 1.807) is 6.33 Å². The number of morpholine rings is 1. The van der Waals surface area contributed by atoms with Crippen molar-refractivity contribution >= 4 is 32.7 Å². The number of aryl methyl sites for hydroxylation is 1. The highest BCUT2D eigenvalue weighted by molar-refractivity contribution is 9.10. The summed E-state index contributed by atoms with van der Waals surface area (Å²) in [7, 11) is 0. The zero-order chi connectivity index (χ0) is 15.8. The van der Waals surface area contributed by atoms with Crippen LogP contribution in [0.25, 0.3) is 16.7 Å². The largest absolute Gasteiger partial charge is 0.378 e. The Balaban J connectivity index is 1.77. The molecule has 6 nitrogen and oxygen atoms in total. The second kappa shape index (κ2) is 5.90. The van der Waals surface area contributed by atoms with Crippen molar-refractivity contribution in [1.29, 1.82) is 0 Å². The van der Waals surface area contributed by atoms with Crippen LogP contribution in [0.5, 0.6) is 0 Å². The van der Waals surface area contributed by atoms with Crippen LogP contribution in [0.3, 0.4) is 0 Å². The maximum absolute atomic E-state index is 5.40. The van der Waals surface area contributed by atoms with Gasteiger partial charge in [0.1, 0.15) is 12.1 Å². The molecule has 0 aliphatic carbocycles. The highest BCUT2D eigenvalue weighted by Crippen LogP contribution is 2.26. The van der Waals surface area contributed by atoms with Crippen molar-refractivity contribution in [2.75, 3.05) is 31.2 Å². The third kappa shape index (κ3) is 2.70. The lowest BCUT2D eigenvalue weighted by molar-refractivity contribution is 0.122. The van der Waals surface area contributed by atoms with Gasteiger partial charge in [-0.25, -0.2) is 14.6 Å². The summed E-state index contributed by atoms with van der Waals surface area (Å²) in [5, 5.41) is 5.59. The Morgan fingerprint density at radius 3 is 2.70 bits per heavy atom. The molecule has 0 N–H and O–H groups in total. The zero-order valence-electron chi connectivity index (χ0n) is 12.7. The van der Waals surface area contributed by atoms with Crippen LogP contribution < -0.4 is 4.90 Å². The number of halogens is 1. The summed E-state index contributed by atoms with van der Waals surface area (Å²) >= 11 is 3.59. The van der Waals surface area contributed by atoms with Gasteiger partial charge in [-0.1, -0.05) is 15.9 Å². The molecule has 0 atom stereocenters. The highest BCUT2D eigenvalue weighted by atomic mass is 79.9. The topological polar surface area (TPSA) is 56.1 Å². The lowest BCUT2D eigenvalue weighted by Crippen LogP contribution is -2.36. The van der Waals surface area contributed by atoms with Gasteiger partial charge in [0.2, 0.25) is 0 Å². The molecule has 1 fully saturated rings. The Bertz CT molecular complexity index is 857. The van der Waals surface area contributed by atoms with Gasteiger partial charge in [-0.15, -0.1) is 0 Å². The average Bonchev–Trinajstić information content (AvgIpc) is 2.99. The van der Waals surface area contributed by atoms with E-state index < -0.39 is 0 Å². The summed E-state index contributed by atoms with van der Waals surface area (Å²) < 4.78 is 8.31. The quantitative estimate of drug-likeness (QED) is 0.691. The van der Waals surface area contributed by atoms with Crippen LogP contribution >= 0.6 is 15.9 Å². The lowest BCUT2D eigenvalue weighted by atomic mass is 10.2. The van der Waals surface area contributed by atoms with Gasteiger partial charge in [0.05, 0.1) is 24.9 Å². The number of anilines is 1. The summed E-state index contributed by atoms with van der Waals surface area (Å²) in [4.78, 5) is 11.0. The molecule has 0 amide bonds. The Morgan fingerprint density at radius 1 is 1.09 bits per heavy atom. The van der Waals surface area contributed by atoms with Crippen molar-refractivity contribution in [3.8, 4) is 5.82 Å². The van der Waals surface area contributed by atoms with Crippen molar-refractivity contribution in [3.05, 3.63) is 40.8 Å². The van der Waals surface area contributed by atoms with E-state index in [1.165, 1.54) is 5.56 Å². The Labute approximate surface area is 142 Å². The van der Waals surface area contributed by atoms with Gasteiger partial charge in [0.25, 0.3) is 0 Å². The summed E-state index contributed by atoms with van der Waals surface area (Å²) in [6, 6.07) is 6.17. The molecule has 0 spiro atoms. The molecule has 23 heavy (non-hydrogen) atoms. The lowest BCUT2D eigenvalue weighted by Gasteiger charge is -2.27. The van der Waals surface area contributed by atoms with Gasteiger partial charge in [-0.05, 0) is 24.6 Å². The molecule has 0 bridgehead atoms. The second-order valence-electron chi connectivity index (χ2n) is 5.55. The van der Waals surface area contributed by atoms with Crippen molar-refractivity contribution in [1.82, 2.24) is 19.7 Å². The minimum absolute atomic E-state index is 0.732. The highest BCUT2D eigenvalue weighted by Gasteiger charge is 2.15. The standard InChI is InChI=1S/C16H16BrN5O/c1-11-6-12-9-20-22(14(12)7-13(11)17)16-8-15(18-10-19-16)21-2-4-23-5-3-21/h6-10H,2-5H2,1H3. The molecule has 0 unspecified atom stereocenters. The van der Waals surface area contributed by atoms with Crippen LogP contribution in [0.4, 0.5) is 5.82 Å². The number of ether oxygens (including phenoxy) is 1. The van der Waals surface area contributed by atoms with Gasteiger partial charge in [0, 0.05) is 29.0 Å². The van der Waals surface area contributed by atoms with Gasteiger partial charge in [-0.2, -0.15) is 5.10 Å². The van der Waals surface area contributed by atoms with Crippen molar-refractivity contribution < 1.29 is 4.74 Å². The van der Waals surface area contributed by atoms with Crippen LogP contribution in [0.15, 0.2) is 35.2 Å². The number of fused-ring (bicyclic) bond motifs is 1. The monoisotopic (exact) mass is 373 g/mol. The van der Waals surface area contributed by atoms with Crippen molar-refractivity contribution in [2.45, 2.75) is 6.92 Å². The molecule has 4 rings (SSSR count). The first-order valence-corrected chi connectivity index (χ1v) is 8.31. The molecule has 1 aliphatic rings. The third-order valence-corrected chi connectivity index (χ3v) is 4.89. The number of aromatic nitrogens is 4. The van der Waals surface area contributed by atoms with E-state index in [9.17, 15) is 0 Å². The maximum atomic E-state index is 5.40. The zero-order valence-corrected chi connectivity index (χ0v) is 14.3. The van der Waals surface area contributed by atoms with Crippen LogP contribution in [0, 0.1) is 6.92 Å². The second-order valence-corrected chi connectivity index (χ2v) is 6.40. The van der Waals surface area contributed by atoms with E-state index in [4.69, 9.17) is 4.74 Å². The molecule has 1 aromatic carbocycles. The van der Waals surface area contributed by atoms with Crippen molar-refractivity contribution in [2.24, 2.45) is 0 Å². The number of hydrogen-bond acceptors (Lipinski definition) is 5. The summed E-state index contributed by atoms with van der Waals surface area (Å²) in [5.41, 5.74) is 2.21. The van der Waals surface area contributed by atoms with Crippen LogP contribution in [0.2, 0.25) is 0 Å². The molecule has 1 aliphatic heterocycles. The molecule has 0 saturated carbocycles. The first-order chi connectivity index (χ1) is 11.2. The number of rotatable bonds is 2. The Morgan fingerprint density at radius 2 is 1.87 bits per heavy atom. The third-order valence-electron chi connectivity index (χ3n) is 4.04. The van der Waals surface area contributed by atoms with E-state index >= 15 is 0 Å². The van der Waals surface area contributed by atoms with Crippen LogP contribution in [-0.2, 0) is 4.74 Å². The molecular weight excluding hydrogens is 358 g/mol. The smallest absolute Gasteiger partial charge is 0.159 e. The van der Waals surface area contributed by atoms with Gasteiger partial charge in [-0.3, -0.25) is 0 Å². The van der Waals surface area contributed by atoms with Gasteiger partial charge >= 0.3 is 0 Å². The van der Waals surface area contributed by atoms with Gasteiger partial charge < -0.3 is 9.64 Å². The fourth-order valence-corrected chi connectivity index (χ4v) is 3.09. The summed E-state index contributed by atoms with van der Waals surface area (Å²) in [5.74, 6) is 1.68. The predicted molar refractivity (Wildman–Crippen MR) is 92.1 cm³/mol. The predicted octanol–water partition coefficient (Wildman–Crippen LogP) is 2.72. The molecule has 1 saturated heterocycles. The normalized spacial score (nSPS) is 15.3. The minimum atomic E-state index is 0.732. The summed E-state index contributed by atoms with van der Waals surface area (Å²) in [6.07, 6.45) is 3.46. The Hall–Kier alpha value is -1.99. The molecule has 3 aromatic rings. The van der Waals surface area contributed by atoms with E-state index in [1.807, 2.05) is 16.9 Å². The van der Waals surface area contributed by atoms with Crippen LogP contribution in [0.1, 0.15) is 5.56 Å². The minimum Gasteiger partial charge on any atom is -0.378 e. The van der Waals surface area contributed by atoms with Crippen LogP contribution in [-0.4, -0.2) is 46.1 Å². The number of nitrogens with zero attached hydrogens (tertiary/aromatic N) is 5. The fourth-order valence-electron chi connectivity index (χ4n) is 2.76. The first-order valence-electron chi connectivity index (χ1n) is 7.51. The maximum Gasteiger partial charge on any atom is 0.159 e. The number of benzene rings is 1. The molecule has 7 heteroatoms. The Kier molecular flexibility index (Phi) is 3.74. The SMILES string of the molecule is Cc1cc2cnn(-c3cc(N4CCOCC4)ncn3)c2cc1Br. The fraction of sp³-hybridized carbons (Fsp3) is 0.312.